The summed E-state index contributed by atoms with van der Waals surface area (Å²) in [5.74, 6) is 0. The van der Waals surface area contributed by atoms with Gasteiger partial charge in [0.05, 0.1) is 0 Å². The second kappa shape index (κ2) is 5.44. The number of hydrogen-bond donors (Lipinski definition) is 0. The van der Waals surface area contributed by atoms with Gasteiger partial charge in [-0.1, -0.05) is 12.2 Å². The summed E-state index contributed by atoms with van der Waals surface area (Å²) in [6.45, 7) is 0. The van der Waals surface area contributed by atoms with Gasteiger partial charge >= 0.3 is 0 Å². The van der Waals surface area contributed by atoms with Gasteiger partial charge in [-0.25, -0.2) is 0 Å². The Morgan fingerprint density at radius 2 is 1.94 bits per heavy atom. The number of thioether (sulfide) groups is 1. The number of allylic oxidation sites excluding steroid dienone is 1. The van der Waals surface area contributed by atoms with Crippen LogP contribution in [0.1, 0.15) is 19.3 Å². The Hall–Kier alpha value is -0.890. The first-order chi connectivity index (χ1) is 7.75. The van der Waals surface area contributed by atoms with Crippen molar-refractivity contribution >= 4 is 17.4 Å². The highest BCUT2D eigenvalue weighted by Gasteiger charge is 2.09. The lowest BCUT2D eigenvalue weighted by Gasteiger charge is -2.17. The van der Waals surface area contributed by atoms with Gasteiger partial charge in [-0.3, -0.25) is 0 Å². The lowest BCUT2D eigenvalue weighted by atomic mass is 10.1. The van der Waals surface area contributed by atoms with Crippen LogP contribution in [0.15, 0.2) is 41.3 Å². The number of rotatable bonds is 3. The second-order valence-electron chi connectivity index (χ2n) is 4.40. The summed E-state index contributed by atoms with van der Waals surface area (Å²) >= 11 is 1.98. The molecule has 0 unspecified atom stereocenters. The molecule has 1 aliphatic carbocycles. The maximum Gasteiger partial charge on any atom is 0.0361 e. The summed E-state index contributed by atoms with van der Waals surface area (Å²) in [4.78, 5) is 3.51. The molecule has 0 spiro atoms. The quantitative estimate of drug-likeness (QED) is 0.727. The molecule has 1 aliphatic rings. The van der Waals surface area contributed by atoms with Gasteiger partial charge < -0.3 is 4.90 Å². The highest BCUT2D eigenvalue weighted by Crippen LogP contribution is 2.30. The molecule has 0 heterocycles. The Bertz CT molecular complexity index is 354. The van der Waals surface area contributed by atoms with Gasteiger partial charge in [0.2, 0.25) is 0 Å². The summed E-state index contributed by atoms with van der Waals surface area (Å²) in [6.07, 6.45) is 8.58. The fourth-order valence-electron chi connectivity index (χ4n) is 1.88. The van der Waals surface area contributed by atoms with Crippen LogP contribution >= 0.6 is 11.8 Å². The Morgan fingerprint density at radius 3 is 2.50 bits per heavy atom. The molecular formula is C14H19NS. The second-order valence-corrected chi connectivity index (χ2v) is 5.72. The minimum Gasteiger partial charge on any atom is -0.378 e. The standard InChI is InChI=1S/C14H19NS/c1-15(2)12-8-10-14(11-9-12)16-13-6-4-3-5-7-13/h4,6,8-11,13H,3,5,7H2,1-2H3/t13-/m1/s1. The summed E-state index contributed by atoms with van der Waals surface area (Å²) in [5, 5.41) is 0.680. The van der Waals surface area contributed by atoms with Crippen molar-refractivity contribution in [2.45, 2.75) is 29.4 Å². The van der Waals surface area contributed by atoms with Crippen molar-refractivity contribution in [2.75, 3.05) is 19.0 Å². The zero-order valence-electron chi connectivity index (χ0n) is 10.0. The Labute approximate surface area is 103 Å². The van der Waals surface area contributed by atoms with Gasteiger partial charge in [0, 0.05) is 29.9 Å². The van der Waals surface area contributed by atoms with Crippen molar-refractivity contribution < 1.29 is 0 Å². The molecule has 0 fully saturated rings. The van der Waals surface area contributed by atoms with Crippen molar-refractivity contribution in [1.29, 1.82) is 0 Å². The fourth-order valence-corrected chi connectivity index (χ4v) is 2.99. The Kier molecular flexibility index (Phi) is 3.94. The smallest absolute Gasteiger partial charge is 0.0361 e. The number of benzene rings is 1. The van der Waals surface area contributed by atoms with Gasteiger partial charge in [0.15, 0.2) is 0 Å². The molecule has 1 atom stereocenters. The van der Waals surface area contributed by atoms with Crippen LogP contribution in [0.4, 0.5) is 5.69 Å². The summed E-state index contributed by atoms with van der Waals surface area (Å²) in [6, 6.07) is 8.83. The lowest BCUT2D eigenvalue weighted by Crippen LogP contribution is -2.08. The van der Waals surface area contributed by atoms with Crippen LogP contribution in [0.5, 0.6) is 0 Å². The zero-order valence-corrected chi connectivity index (χ0v) is 10.8. The third-order valence-corrected chi connectivity index (χ3v) is 4.09. The third-order valence-electron chi connectivity index (χ3n) is 2.85. The molecule has 0 amide bonds. The van der Waals surface area contributed by atoms with Gasteiger partial charge in [-0.15, -0.1) is 11.8 Å². The van der Waals surface area contributed by atoms with E-state index in [2.05, 4.69) is 55.4 Å². The van der Waals surface area contributed by atoms with E-state index in [-0.39, 0.29) is 0 Å². The molecule has 2 heteroatoms. The van der Waals surface area contributed by atoms with E-state index >= 15 is 0 Å². The lowest BCUT2D eigenvalue weighted by molar-refractivity contribution is 0.741. The Morgan fingerprint density at radius 1 is 1.19 bits per heavy atom. The van der Waals surface area contributed by atoms with Gasteiger partial charge in [-0.05, 0) is 43.5 Å². The van der Waals surface area contributed by atoms with E-state index in [0.717, 1.165) is 0 Å². The maximum atomic E-state index is 2.36. The molecule has 0 saturated heterocycles. The van der Waals surface area contributed by atoms with Crippen molar-refractivity contribution in [1.82, 2.24) is 0 Å². The molecule has 86 valence electrons. The van der Waals surface area contributed by atoms with Crippen LogP contribution in [0.25, 0.3) is 0 Å². The number of nitrogens with zero attached hydrogens (tertiary/aromatic N) is 1. The van der Waals surface area contributed by atoms with Crippen LogP contribution in [-0.2, 0) is 0 Å². The normalized spacial score (nSPS) is 19.8. The molecular weight excluding hydrogens is 214 g/mol. The highest BCUT2D eigenvalue weighted by molar-refractivity contribution is 8.00. The Balaban J connectivity index is 1.99. The monoisotopic (exact) mass is 233 g/mol. The van der Waals surface area contributed by atoms with Gasteiger partial charge in [0.1, 0.15) is 0 Å². The molecule has 1 nitrogen and oxygen atoms in total. The fraction of sp³-hybridized carbons (Fsp3) is 0.429. The van der Waals surface area contributed by atoms with Crippen LogP contribution < -0.4 is 4.90 Å². The number of hydrogen-bond acceptors (Lipinski definition) is 2. The predicted molar refractivity (Wildman–Crippen MR) is 73.4 cm³/mol. The first kappa shape index (κ1) is 11.6. The molecule has 0 N–H and O–H groups in total. The zero-order chi connectivity index (χ0) is 11.4. The molecule has 0 bridgehead atoms. The van der Waals surface area contributed by atoms with Crippen LogP contribution in [0.3, 0.4) is 0 Å². The van der Waals surface area contributed by atoms with E-state index in [1.165, 1.54) is 29.8 Å². The van der Waals surface area contributed by atoms with Crippen molar-refractivity contribution in [2.24, 2.45) is 0 Å². The van der Waals surface area contributed by atoms with E-state index in [0.29, 0.717) is 5.25 Å². The topological polar surface area (TPSA) is 3.24 Å². The van der Waals surface area contributed by atoms with Crippen LogP contribution in [0.2, 0.25) is 0 Å². The molecule has 0 aliphatic heterocycles. The summed E-state index contributed by atoms with van der Waals surface area (Å²) in [5.41, 5.74) is 1.27. The van der Waals surface area contributed by atoms with E-state index in [4.69, 9.17) is 0 Å². The molecule has 2 rings (SSSR count). The van der Waals surface area contributed by atoms with Crippen molar-refractivity contribution in [3.63, 3.8) is 0 Å². The minimum atomic E-state index is 0.680. The van der Waals surface area contributed by atoms with Gasteiger partial charge in [-0.2, -0.15) is 0 Å². The molecule has 0 radical (unpaired) electrons. The van der Waals surface area contributed by atoms with E-state index in [1.807, 2.05) is 11.8 Å². The van der Waals surface area contributed by atoms with Crippen LogP contribution in [0, 0.1) is 0 Å². The molecule has 0 aromatic heterocycles. The van der Waals surface area contributed by atoms with Gasteiger partial charge in [0.25, 0.3) is 0 Å². The molecule has 0 saturated carbocycles. The molecule has 1 aromatic carbocycles. The maximum absolute atomic E-state index is 2.36. The third kappa shape index (κ3) is 3.05. The largest absolute Gasteiger partial charge is 0.378 e. The van der Waals surface area contributed by atoms with Crippen molar-refractivity contribution in [3.8, 4) is 0 Å². The first-order valence-electron chi connectivity index (χ1n) is 5.86. The average molecular weight is 233 g/mol. The van der Waals surface area contributed by atoms with E-state index in [9.17, 15) is 0 Å². The summed E-state index contributed by atoms with van der Waals surface area (Å²) in [7, 11) is 4.15. The molecule has 16 heavy (non-hydrogen) atoms. The van der Waals surface area contributed by atoms with Crippen LogP contribution in [-0.4, -0.2) is 19.3 Å². The predicted octanol–water partition coefficient (Wildman–Crippen LogP) is 3.95. The molecule has 1 aromatic rings. The van der Waals surface area contributed by atoms with E-state index in [1.54, 1.807) is 0 Å². The van der Waals surface area contributed by atoms with E-state index < -0.39 is 0 Å². The highest BCUT2D eigenvalue weighted by atomic mass is 32.2. The SMILES string of the molecule is CN(C)c1ccc(S[C@@H]2C=CCCC2)cc1. The first-order valence-corrected chi connectivity index (χ1v) is 6.74. The number of anilines is 1. The van der Waals surface area contributed by atoms with Crippen molar-refractivity contribution in [3.05, 3.63) is 36.4 Å². The average Bonchev–Trinajstić information content (AvgIpc) is 2.31. The minimum absolute atomic E-state index is 0.680. The summed E-state index contributed by atoms with van der Waals surface area (Å²) < 4.78 is 0.